The first-order chi connectivity index (χ1) is 15.4. The van der Waals surface area contributed by atoms with Gasteiger partial charge in [-0.2, -0.15) is 0 Å². The van der Waals surface area contributed by atoms with Crippen LogP contribution in [-0.2, 0) is 0 Å². The summed E-state index contributed by atoms with van der Waals surface area (Å²) in [5.41, 5.74) is 1.49. The van der Waals surface area contributed by atoms with Crippen molar-refractivity contribution in [1.82, 2.24) is 15.0 Å². The lowest BCUT2D eigenvalue weighted by atomic mass is 9.98. The molecule has 0 radical (unpaired) electrons. The minimum atomic E-state index is -0.266. The Morgan fingerprint density at radius 1 is 1.28 bits per heavy atom. The van der Waals surface area contributed by atoms with Crippen molar-refractivity contribution < 1.29 is 9.90 Å². The number of rotatable bonds is 6. The number of nitrogens with zero attached hydrogens (tertiary/aromatic N) is 4. The van der Waals surface area contributed by atoms with Crippen LogP contribution in [0, 0.1) is 19.8 Å². The van der Waals surface area contributed by atoms with Crippen LogP contribution in [0.3, 0.4) is 0 Å². The molecule has 2 aromatic heterocycles. The largest absolute Gasteiger partial charge is 0.396 e. The molecule has 10 heteroatoms. The number of carbonyl (C=O) groups excluding carboxylic acids is 1. The van der Waals surface area contributed by atoms with Crippen LogP contribution in [0.1, 0.15) is 33.9 Å². The number of piperidine rings is 1. The third kappa shape index (κ3) is 5.17. The standard InChI is InChI=1S/C22H25ClN6O2S/c1-13-4-3-5-16(23)20(13)28-21(31)17-11-24-22(32-17)27-18-10-19(26-14(2)25-18)29-8-6-15(12-30)7-9-29/h3-5,10-11,15,30H,6-9,12H2,1-2H3,(H,28,31)(H,24,25,26,27). The molecule has 3 N–H and O–H groups in total. The molecule has 0 saturated carbocycles. The number of aliphatic hydroxyl groups excluding tert-OH is 1. The van der Waals surface area contributed by atoms with Crippen molar-refractivity contribution >= 4 is 51.3 Å². The fraction of sp³-hybridized carbons (Fsp3) is 0.364. The predicted molar refractivity (Wildman–Crippen MR) is 128 cm³/mol. The molecule has 0 aliphatic carbocycles. The smallest absolute Gasteiger partial charge is 0.267 e. The number of amides is 1. The molecule has 168 valence electrons. The van der Waals surface area contributed by atoms with Crippen molar-refractivity contribution in [3.63, 3.8) is 0 Å². The Bertz CT molecular complexity index is 1090. The van der Waals surface area contributed by atoms with E-state index in [1.54, 1.807) is 6.07 Å². The van der Waals surface area contributed by atoms with E-state index < -0.39 is 0 Å². The second-order valence-corrected chi connectivity index (χ2v) is 9.25. The molecule has 1 amide bonds. The molecule has 0 spiro atoms. The summed E-state index contributed by atoms with van der Waals surface area (Å²) in [5, 5.41) is 16.5. The van der Waals surface area contributed by atoms with Gasteiger partial charge in [0, 0.05) is 25.8 Å². The molecule has 0 bridgehead atoms. The van der Waals surface area contributed by atoms with E-state index >= 15 is 0 Å². The van der Waals surface area contributed by atoms with Crippen LogP contribution < -0.4 is 15.5 Å². The molecule has 4 rings (SSSR count). The van der Waals surface area contributed by atoms with Gasteiger partial charge in [0.05, 0.1) is 16.9 Å². The van der Waals surface area contributed by atoms with Gasteiger partial charge in [0.2, 0.25) is 0 Å². The summed E-state index contributed by atoms with van der Waals surface area (Å²) in [4.78, 5) is 28.7. The zero-order chi connectivity index (χ0) is 22.7. The molecule has 1 aliphatic heterocycles. The number of carbonyl (C=O) groups is 1. The lowest BCUT2D eigenvalue weighted by Crippen LogP contribution is -2.35. The van der Waals surface area contributed by atoms with Crippen LogP contribution in [0.25, 0.3) is 0 Å². The first-order valence-electron chi connectivity index (χ1n) is 10.4. The van der Waals surface area contributed by atoms with Crippen LogP contribution in [0.4, 0.5) is 22.5 Å². The molecule has 1 fully saturated rings. The van der Waals surface area contributed by atoms with E-state index in [-0.39, 0.29) is 12.5 Å². The highest BCUT2D eigenvalue weighted by atomic mass is 35.5. The molecule has 3 heterocycles. The van der Waals surface area contributed by atoms with Gasteiger partial charge in [0.15, 0.2) is 5.13 Å². The van der Waals surface area contributed by atoms with Gasteiger partial charge in [-0.3, -0.25) is 4.79 Å². The summed E-state index contributed by atoms with van der Waals surface area (Å²) >= 11 is 7.45. The maximum absolute atomic E-state index is 12.7. The topological polar surface area (TPSA) is 103 Å². The minimum absolute atomic E-state index is 0.236. The Balaban J connectivity index is 1.45. The van der Waals surface area contributed by atoms with Crippen LogP contribution in [0.15, 0.2) is 30.5 Å². The average Bonchev–Trinajstić information content (AvgIpc) is 3.24. The summed E-state index contributed by atoms with van der Waals surface area (Å²) in [6.45, 7) is 5.68. The summed E-state index contributed by atoms with van der Waals surface area (Å²) in [6, 6.07) is 7.36. The van der Waals surface area contributed by atoms with E-state index in [0.29, 0.717) is 38.3 Å². The number of aryl methyl sites for hydroxylation is 2. The zero-order valence-corrected chi connectivity index (χ0v) is 19.5. The second kappa shape index (κ2) is 9.81. The van der Waals surface area contributed by atoms with Crippen molar-refractivity contribution in [3.8, 4) is 0 Å². The second-order valence-electron chi connectivity index (χ2n) is 7.81. The first-order valence-corrected chi connectivity index (χ1v) is 11.6. The molecular weight excluding hydrogens is 448 g/mol. The maximum Gasteiger partial charge on any atom is 0.267 e. The number of halogens is 1. The molecule has 0 atom stereocenters. The Labute approximate surface area is 195 Å². The number of thiazole rings is 1. The highest BCUT2D eigenvalue weighted by Crippen LogP contribution is 2.29. The van der Waals surface area contributed by atoms with Gasteiger partial charge >= 0.3 is 0 Å². The van der Waals surface area contributed by atoms with Gasteiger partial charge < -0.3 is 20.6 Å². The van der Waals surface area contributed by atoms with Gasteiger partial charge in [0.25, 0.3) is 5.91 Å². The lowest BCUT2D eigenvalue weighted by Gasteiger charge is -2.32. The number of nitrogens with one attached hydrogen (secondary N) is 2. The van der Waals surface area contributed by atoms with Gasteiger partial charge in [0.1, 0.15) is 22.3 Å². The summed E-state index contributed by atoms with van der Waals surface area (Å²) in [5.74, 6) is 2.22. The number of para-hydroxylation sites is 1. The van der Waals surface area contributed by atoms with E-state index in [1.165, 1.54) is 17.5 Å². The van der Waals surface area contributed by atoms with E-state index in [9.17, 15) is 9.90 Å². The van der Waals surface area contributed by atoms with Gasteiger partial charge in [-0.15, -0.1) is 0 Å². The number of hydrogen-bond donors (Lipinski definition) is 3. The van der Waals surface area contributed by atoms with Crippen molar-refractivity contribution in [2.24, 2.45) is 5.92 Å². The van der Waals surface area contributed by atoms with Gasteiger partial charge in [-0.05, 0) is 44.2 Å². The zero-order valence-electron chi connectivity index (χ0n) is 17.9. The van der Waals surface area contributed by atoms with E-state index in [0.717, 1.165) is 37.3 Å². The molecule has 0 unspecified atom stereocenters. The average molecular weight is 473 g/mol. The summed E-state index contributed by atoms with van der Waals surface area (Å²) in [6.07, 6.45) is 3.42. The first kappa shape index (κ1) is 22.4. The van der Waals surface area contributed by atoms with Gasteiger partial charge in [-0.25, -0.2) is 15.0 Å². The number of hydrogen-bond acceptors (Lipinski definition) is 8. The van der Waals surface area contributed by atoms with Crippen molar-refractivity contribution in [3.05, 3.63) is 51.7 Å². The minimum Gasteiger partial charge on any atom is -0.396 e. The fourth-order valence-electron chi connectivity index (χ4n) is 3.63. The third-order valence-corrected chi connectivity index (χ3v) is 6.67. The fourth-order valence-corrected chi connectivity index (χ4v) is 4.62. The van der Waals surface area contributed by atoms with Crippen LogP contribution in [0.5, 0.6) is 0 Å². The van der Waals surface area contributed by atoms with Crippen molar-refractivity contribution in [2.75, 3.05) is 35.2 Å². The third-order valence-electron chi connectivity index (χ3n) is 5.45. The monoisotopic (exact) mass is 472 g/mol. The van der Waals surface area contributed by atoms with E-state index in [2.05, 4.69) is 30.5 Å². The summed E-state index contributed by atoms with van der Waals surface area (Å²) in [7, 11) is 0. The number of benzene rings is 1. The quantitative estimate of drug-likeness (QED) is 0.488. The molecule has 3 aromatic rings. The normalized spacial score (nSPS) is 14.4. The van der Waals surface area contributed by atoms with Crippen molar-refractivity contribution in [2.45, 2.75) is 26.7 Å². The van der Waals surface area contributed by atoms with E-state index in [1.807, 2.05) is 32.0 Å². The predicted octanol–water partition coefficient (Wildman–Crippen LogP) is 4.41. The molecular formula is C22H25ClN6O2S. The van der Waals surface area contributed by atoms with Crippen LogP contribution in [-0.4, -0.2) is 45.7 Å². The highest BCUT2D eigenvalue weighted by Gasteiger charge is 2.21. The van der Waals surface area contributed by atoms with Gasteiger partial charge in [-0.1, -0.05) is 35.1 Å². The molecule has 1 aliphatic rings. The Hall–Kier alpha value is -2.75. The SMILES string of the molecule is Cc1nc(Nc2ncc(C(=O)Nc3c(C)cccc3Cl)s2)cc(N2CCC(CO)CC2)n1. The summed E-state index contributed by atoms with van der Waals surface area (Å²) < 4.78 is 0. The molecule has 32 heavy (non-hydrogen) atoms. The highest BCUT2D eigenvalue weighted by molar-refractivity contribution is 7.17. The van der Waals surface area contributed by atoms with Crippen LogP contribution >= 0.6 is 22.9 Å². The Morgan fingerprint density at radius 2 is 2.06 bits per heavy atom. The Kier molecular flexibility index (Phi) is 6.88. The van der Waals surface area contributed by atoms with Crippen LogP contribution in [0.2, 0.25) is 5.02 Å². The number of aromatic nitrogens is 3. The molecule has 1 saturated heterocycles. The van der Waals surface area contributed by atoms with E-state index in [4.69, 9.17) is 11.6 Å². The molecule has 8 nitrogen and oxygen atoms in total. The van der Waals surface area contributed by atoms with Crippen molar-refractivity contribution in [1.29, 1.82) is 0 Å². The maximum atomic E-state index is 12.7. The number of aliphatic hydroxyl groups is 1. The molecule has 1 aromatic carbocycles. The number of anilines is 4. The Morgan fingerprint density at radius 3 is 2.78 bits per heavy atom. The lowest BCUT2D eigenvalue weighted by molar-refractivity contribution is 0.103.